The van der Waals surface area contributed by atoms with Crippen molar-refractivity contribution < 1.29 is 4.79 Å². The van der Waals surface area contributed by atoms with Crippen LogP contribution in [0.1, 0.15) is 9.67 Å². The molecule has 1 amide bonds. The predicted molar refractivity (Wildman–Crippen MR) is 99.2 cm³/mol. The van der Waals surface area contributed by atoms with Crippen molar-refractivity contribution in [2.24, 2.45) is 0 Å². The summed E-state index contributed by atoms with van der Waals surface area (Å²) >= 11 is 9.15. The molecule has 0 bridgehead atoms. The number of carbonyl (C=O) groups excluding carboxylic acids is 1. The van der Waals surface area contributed by atoms with E-state index in [1.807, 2.05) is 49.8 Å². The van der Waals surface area contributed by atoms with E-state index in [1.54, 1.807) is 4.90 Å². The van der Waals surface area contributed by atoms with Crippen LogP contribution in [0, 0.1) is 0 Å². The Balaban J connectivity index is 1.98. The summed E-state index contributed by atoms with van der Waals surface area (Å²) in [5, 5.41) is 3.21. The number of fused-ring (bicyclic) bond motifs is 1. The van der Waals surface area contributed by atoms with Gasteiger partial charge in [-0.1, -0.05) is 35.1 Å². The van der Waals surface area contributed by atoms with Crippen molar-refractivity contribution >= 4 is 55.5 Å². The number of anilines is 1. The summed E-state index contributed by atoms with van der Waals surface area (Å²) in [6.07, 6.45) is 0. The van der Waals surface area contributed by atoms with Gasteiger partial charge < -0.3 is 4.90 Å². The molecule has 3 aromatic rings. The Hall–Kier alpha value is -1.47. The maximum Gasteiger partial charge on any atom is 0.270 e. The molecule has 2 aromatic heterocycles. The van der Waals surface area contributed by atoms with Crippen LogP contribution in [0.4, 0.5) is 5.13 Å². The van der Waals surface area contributed by atoms with Crippen LogP contribution in [0.25, 0.3) is 10.2 Å². The number of para-hydroxylation sites is 1. The van der Waals surface area contributed by atoms with E-state index in [2.05, 4.69) is 9.88 Å². The average molecular weight is 366 g/mol. The molecule has 7 heteroatoms. The summed E-state index contributed by atoms with van der Waals surface area (Å²) in [6, 6.07) is 9.42. The zero-order valence-electron chi connectivity index (χ0n) is 12.8. The van der Waals surface area contributed by atoms with Gasteiger partial charge in [0.1, 0.15) is 5.52 Å². The number of benzene rings is 1. The molecule has 0 saturated heterocycles. The summed E-state index contributed by atoms with van der Waals surface area (Å²) < 4.78 is 0.987. The van der Waals surface area contributed by atoms with Crippen molar-refractivity contribution in [2.75, 3.05) is 32.1 Å². The van der Waals surface area contributed by atoms with E-state index in [0.717, 1.165) is 16.8 Å². The Morgan fingerprint density at radius 3 is 2.70 bits per heavy atom. The number of thiazole rings is 1. The topological polar surface area (TPSA) is 36.4 Å². The third kappa shape index (κ3) is 3.55. The molecule has 0 N–H and O–H groups in total. The Labute approximate surface area is 147 Å². The molecule has 0 aliphatic carbocycles. The van der Waals surface area contributed by atoms with Gasteiger partial charge in [0.05, 0.1) is 14.6 Å². The monoisotopic (exact) mass is 365 g/mol. The normalized spacial score (nSPS) is 11.3. The second-order valence-corrected chi connectivity index (χ2v) is 7.68. The summed E-state index contributed by atoms with van der Waals surface area (Å²) in [4.78, 5) is 21.9. The quantitative estimate of drug-likeness (QED) is 0.679. The minimum absolute atomic E-state index is 0.0166. The highest BCUT2D eigenvalue weighted by Crippen LogP contribution is 2.33. The van der Waals surface area contributed by atoms with Crippen LogP contribution in [0.15, 0.2) is 35.7 Å². The molecule has 0 radical (unpaired) electrons. The van der Waals surface area contributed by atoms with Gasteiger partial charge in [0.25, 0.3) is 5.91 Å². The summed E-state index contributed by atoms with van der Waals surface area (Å²) in [7, 11) is 3.98. The highest BCUT2D eigenvalue weighted by molar-refractivity contribution is 7.22. The first-order valence-electron chi connectivity index (χ1n) is 7.11. The maximum atomic E-state index is 12.8. The molecule has 0 fully saturated rings. The van der Waals surface area contributed by atoms with Crippen molar-refractivity contribution in [3.05, 3.63) is 45.6 Å². The Morgan fingerprint density at radius 1 is 1.22 bits per heavy atom. The second-order valence-electron chi connectivity index (χ2n) is 5.32. The molecule has 3 rings (SSSR count). The van der Waals surface area contributed by atoms with Crippen LogP contribution in [-0.4, -0.2) is 43.0 Å². The number of rotatable bonds is 5. The number of nitrogens with zero attached hydrogens (tertiary/aromatic N) is 3. The van der Waals surface area contributed by atoms with Gasteiger partial charge in [0, 0.05) is 13.1 Å². The lowest BCUT2D eigenvalue weighted by atomic mass is 10.3. The molecule has 120 valence electrons. The highest BCUT2D eigenvalue weighted by atomic mass is 35.5. The number of likely N-dealkylation sites (N-methyl/N-ethyl adjacent to an activating group) is 1. The third-order valence-corrected chi connectivity index (χ3v) is 5.54. The molecular formula is C16H16ClN3OS2. The molecule has 2 heterocycles. The number of halogens is 1. The molecule has 0 atom stereocenters. The van der Waals surface area contributed by atoms with Gasteiger partial charge in [-0.3, -0.25) is 9.69 Å². The Morgan fingerprint density at radius 2 is 2.04 bits per heavy atom. The first-order chi connectivity index (χ1) is 11.1. The van der Waals surface area contributed by atoms with Crippen molar-refractivity contribution in [2.45, 2.75) is 0 Å². The fraction of sp³-hybridized carbons (Fsp3) is 0.250. The van der Waals surface area contributed by atoms with Gasteiger partial charge in [0.2, 0.25) is 0 Å². The van der Waals surface area contributed by atoms with E-state index in [-0.39, 0.29) is 5.91 Å². The van der Waals surface area contributed by atoms with Crippen LogP contribution in [0.5, 0.6) is 0 Å². The van der Waals surface area contributed by atoms with Crippen molar-refractivity contribution in [3.8, 4) is 0 Å². The first-order valence-corrected chi connectivity index (χ1v) is 9.19. The molecule has 23 heavy (non-hydrogen) atoms. The van der Waals surface area contributed by atoms with Crippen molar-refractivity contribution in [1.29, 1.82) is 0 Å². The SMILES string of the molecule is CN(C)CCN(C(=O)c1cccs1)c1nc2c(Cl)cccc2s1. The Kier molecular flexibility index (Phi) is 4.96. The zero-order valence-corrected chi connectivity index (χ0v) is 15.2. The van der Waals surface area contributed by atoms with E-state index in [9.17, 15) is 4.79 Å². The van der Waals surface area contributed by atoms with Crippen LogP contribution in [0.3, 0.4) is 0 Å². The number of thiophene rings is 1. The predicted octanol–water partition coefficient (Wildman–Crippen LogP) is 4.22. The fourth-order valence-corrected chi connectivity index (χ4v) is 4.10. The molecule has 0 saturated carbocycles. The number of aromatic nitrogens is 1. The third-order valence-electron chi connectivity index (χ3n) is 3.34. The minimum Gasteiger partial charge on any atom is -0.308 e. The smallest absolute Gasteiger partial charge is 0.270 e. The second kappa shape index (κ2) is 6.97. The van der Waals surface area contributed by atoms with Crippen molar-refractivity contribution in [1.82, 2.24) is 9.88 Å². The van der Waals surface area contributed by atoms with E-state index in [0.29, 0.717) is 21.6 Å². The molecule has 1 aromatic carbocycles. The Bertz CT molecular complexity index is 814. The zero-order chi connectivity index (χ0) is 16.4. The summed E-state index contributed by atoms with van der Waals surface area (Å²) in [6.45, 7) is 1.35. The van der Waals surface area contributed by atoms with Gasteiger partial charge >= 0.3 is 0 Å². The lowest BCUT2D eigenvalue weighted by Gasteiger charge is -2.21. The maximum absolute atomic E-state index is 12.8. The molecule has 0 unspecified atom stereocenters. The highest BCUT2D eigenvalue weighted by Gasteiger charge is 2.22. The summed E-state index contributed by atoms with van der Waals surface area (Å²) in [5.74, 6) is -0.0166. The van der Waals surface area contributed by atoms with E-state index in [1.165, 1.54) is 22.7 Å². The van der Waals surface area contributed by atoms with Gasteiger partial charge in [-0.25, -0.2) is 4.98 Å². The van der Waals surface area contributed by atoms with E-state index >= 15 is 0 Å². The molecule has 0 aliphatic rings. The molecular weight excluding hydrogens is 350 g/mol. The largest absolute Gasteiger partial charge is 0.308 e. The molecule has 0 aliphatic heterocycles. The van der Waals surface area contributed by atoms with Gasteiger partial charge in [-0.05, 0) is 37.7 Å². The van der Waals surface area contributed by atoms with Crippen LogP contribution >= 0.6 is 34.3 Å². The van der Waals surface area contributed by atoms with E-state index < -0.39 is 0 Å². The average Bonchev–Trinajstić information content (AvgIpc) is 3.16. The first kappa shape index (κ1) is 16.4. The summed E-state index contributed by atoms with van der Waals surface area (Å²) in [5.41, 5.74) is 0.753. The minimum atomic E-state index is -0.0166. The number of amides is 1. The lowest BCUT2D eigenvalue weighted by Crippen LogP contribution is -2.36. The standard InChI is InChI=1S/C16H16ClN3OS2/c1-19(2)8-9-20(15(21)13-7-4-10-22-13)16-18-14-11(17)5-3-6-12(14)23-16/h3-7,10H,8-9H2,1-2H3. The van der Waals surface area contributed by atoms with Crippen molar-refractivity contribution in [3.63, 3.8) is 0 Å². The number of hydrogen-bond acceptors (Lipinski definition) is 5. The number of hydrogen-bond donors (Lipinski definition) is 0. The van der Waals surface area contributed by atoms with Crippen LogP contribution < -0.4 is 4.90 Å². The van der Waals surface area contributed by atoms with Gasteiger partial charge in [-0.2, -0.15) is 0 Å². The fourth-order valence-electron chi connectivity index (χ4n) is 2.14. The van der Waals surface area contributed by atoms with Crippen LogP contribution in [0.2, 0.25) is 5.02 Å². The van der Waals surface area contributed by atoms with E-state index in [4.69, 9.17) is 11.6 Å². The van der Waals surface area contributed by atoms with Crippen LogP contribution in [-0.2, 0) is 0 Å². The lowest BCUT2D eigenvalue weighted by molar-refractivity contribution is 0.0989. The molecule has 4 nitrogen and oxygen atoms in total. The molecule has 0 spiro atoms. The van der Waals surface area contributed by atoms with Gasteiger partial charge in [0.15, 0.2) is 5.13 Å². The number of carbonyl (C=O) groups is 1. The van der Waals surface area contributed by atoms with Gasteiger partial charge in [-0.15, -0.1) is 11.3 Å².